The molecule has 1 N–H and O–H groups in total. The van der Waals surface area contributed by atoms with Gasteiger partial charge in [-0.05, 0) is 43.3 Å². The maximum absolute atomic E-state index is 13.0. The van der Waals surface area contributed by atoms with Gasteiger partial charge in [0.1, 0.15) is 5.75 Å². The molecule has 0 aromatic heterocycles. The van der Waals surface area contributed by atoms with Crippen LogP contribution in [0.4, 0.5) is 14.5 Å². The van der Waals surface area contributed by atoms with Gasteiger partial charge in [-0.15, -0.1) is 8.78 Å². The maximum atomic E-state index is 13.0. The molecule has 10 heteroatoms. The molecule has 0 saturated heterocycles. The van der Waals surface area contributed by atoms with Crippen LogP contribution in [0.1, 0.15) is 12.5 Å². The predicted molar refractivity (Wildman–Crippen MR) is 93.5 cm³/mol. The Morgan fingerprint density at radius 3 is 2.55 bits per heavy atom. The van der Waals surface area contributed by atoms with E-state index in [1.165, 1.54) is 43.3 Å². The minimum atomic E-state index is -3.76. The lowest BCUT2D eigenvalue weighted by molar-refractivity contribution is -0.286. The second-order valence-corrected chi connectivity index (χ2v) is 5.88. The summed E-state index contributed by atoms with van der Waals surface area (Å²) < 4.78 is 44.8. The van der Waals surface area contributed by atoms with Crippen molar-refractivity contribution in [1.29, 1.82) is 5.26 Å². The minimum Gasteiger partial charge on any atom is -0.479 e. The topological polar surface area (TPSA) is 107 Å². The van der Waals surface area contributed by atoms with E-state index in [2.05, 4.69) is 14.8 Å². The molecule has 0 aliphatic carbocycles. The molecule has 1 amide bonds. The zero-order valence-corrected chi connectivity index (χ0v) is 15.0. The van der Waals surface area contributed by atoms with Crippen LogP contribution in [-0.2, 0) is 14.3 Å². The molecule has 0 bridgehead atoms. The van der Waals surface area contributed by atoms with Crippen molar-refractivity contribution in [3.05, 3.63) is 48.0 Å². The number of benzene rings is 2. The van der Waals surface area contributed by atoms with Gasteiger partial charge in [-0.2, -0.15) is 5.26 Å². The zero-order valence-electron chi connectivity index (χ0n) is 15.0. The quantitative estimate of drug-likeness (QED) is 0.738. The molecule has 0 radical (unpaired) electrons. The van der Waals surface area contributed by atoms with Gasteiger partial charge in [0.2, 0.25) is 0 Å². The van der Waals surface area contributed by atoms with E-state index in [-0.39, 0.29) is 17.2 Å². The van der Waals surface area contributed by atoms with Crippen LogP contribution in [0.25, 0.3) is 0 Å². The van der Waals surface area contributed by atoms with Gasteiger partial charge in [-0.25, -0.2) is 4.79 Å². The van der Waals surface area contributed by atoms with E-state index in [0.29, 0.717) is 11.3 Å². The van der Waals surface area contributed by atoms with Crippen LogP contribution in [0.5, 0.6) is 17.2 Å². The highest BCUT2D eigenvalue weighted by atomic mass is 19.3. The van der Waals surface area contributed by atoms with Crippen molar-refractivity contribution in [3.8, 4) is 23.3 Å². The Kier molecular flexibility index (Phi) is 5.50. The van der Waals surface area contributed by atoms with Crippen LogP contribution in [0.15, 0.2) is 42.5 Å². The maximum Gasteiger partial charge on any atom is 0.586 e. The average molecular weight is 404 g/mol. The molecular weight excluding hydrogens is 390 g/mol. The summed E-state index contributed by atoms with van der Waals surface area (Å²) in [7, 11) is 0. The van der Waals surface area contributed by atoms with E-state index in [0.717, 1.165) is 6.07 Å². The Morgan fingerprint density at radius 2 is 1.86 bits per heavy atom. The minimum absolute atomic E-state index is 0.159. The van der Waals surface area contributed by atoms with E-state index >= 15 is 0 Å². The molecule has 1 unspecified atom stereocenters. The number of rotatable bonds is 6. The fourth-order valence-electron chi connectivity index (χ4n) is 2.34. The summed E-state index contributed by atoms with van der Waals surface area (Å²) in [6.45, 7) is 0.834. The number of nitrogens with one attached hydrogen (secondary N) is 1. The highest BCUT2D eigenvalue weighted by molar-refractivity contribution is 5.93. The normalized spacial score (nSPS) is 14.4. The number of carbonyl (C=O) groups is 2. The third-order valence-corrected chi connectivity index (χ3v) is 3.66. The molecule has 29 heavy (non-hydrogen) atoms. The molecule has 0 spiro atoms. The second-order valence-electron chi connectivity index (χ2n) is 5.88. The SMILES string of the molecule is CC(Oc1ccc(C#N)cc1)C(=O)OCC(=O)Nc1ccc2c(c1)OC(F)(F)O2. The Morgan fingerprint density at radius 1 is 1.17 bits per heavy atom. The van der Waals surface area contributed by atoms with Crippen molar-refractivity contribution in [1.82, 2.24) is 0 Å². The van der Waals surface area contributed by atoms with Crippen molar-refractivity contribution in [2.45, 2.75) is 19.3 Å². The third kappa shape index (κ3) is 5.10. The van der Waals surface area contributed by atoms with E-state index in [4.69, 9.17) is 14.7 Å². The summed E-state index contributed by atoms with van der Waals surface area (Å²) in [5, 5.41) is 11.1. The molecule has 8 nitrogen and oxygen atoms in total. The lowest BCUT2D eigenvalue weighted by Crippen LogP contribution is -2.29. The van der Waals surface area contributed by atoms with Crippen LogP contribution < -0.4 is 19.5 Å². The highest BCUT2D eigenvalue weighted by Crippen LogP contribution is 2.42. The van der Waals surface area contributed by atoms with Crippen molar-refractivity contribution >= 4 is 17.6 Å². The number of amides is 1. The summed E-state index contributed by atoms with van der Waals surface area (Å²) in [6.07, 6.45) is -4.76. The number of carbonyl (C=O) groups excluding carboxylic acids is 2. The van der Waals surface area contributed by atoms with E-state index < -0.39 is 30.9 Å². The molecule has 1 aliphatic heterocycles. The molecule has 150 valence electrons. The van der Waals surface area contributed by atoms with Crippen molar-refractivity contribution in [3.63, 3.8) is 0 Å². The van der Waals surface area contributed by atoms with E-state index in [1.54, 1.807) is 0 Å². The zero-order chi connectivity index (χ0) is 21.0. The number of nitriles is 1. The van der Waals surface area contributed by atoms with E-state index in [9.17, 15) is 18.4 Å². The molecular formula is C19H14F2N2O6. The molecule has 1 heterocycles. The lowest BCUT2D eigenvalue weighted by atomic mass is 10.2. The summed E-state index contributed by atoms with van der Waals surface area (Å²) in [4.78, 5) is 23.9. The van der Waals surface area contributed by atoms with Gasteiger partial charge in [0.15, 0.2) is 24.2 Å². The van der Waals surface area contributed by atoms with Crippen LogP contribution in [0, 0.1) is 11.3 Å². The van der Waals surface area contributed by atoms with Crippen molar-refractivity contribution in [2.24, 2.45) is 0 Å². The first kappa shape index (κ1) is 19.9. The number of nitrogens with zero attached hydrogens (tertiary/aromatic N) is 1. The standard InChI is InChI=1S/C19H14F2N2O6/c1-11(27-14-5-2-12(9-22)3-6-14)18(25)26-10-17(24)23-13-4-7-15-16(8-13)29-19(20,21)28-15/h2-8,11H,10H2,1H3,(H,23,24). The number of esters is 1. The number of halogens is 2. The van der Waals surface area contributed by atoms with Gasteiger partial charge in [0, 0.05) is 11.8 Å². The Balaban J connectivity index is 1.47. The smallest absolute Gasteiger partial charge is 0.479 e. The number of ether oxygens (including phenoxy) is 4. The van der Waals surface area contributed by atoms with Gasteiger partial charge in [0.25, 0.3) is 5.91 Å². The van der Waals surface area contributed by atoms with Crippen LogP contribution in [0.3, 0.4) is 0 Å². The Bertz CT molecular complexity index is 972. The predicted octanol–water partition coefficient (Wildman–Crippen LogP) is 2.83. The fourth-order valence-corrected chi connectivity index (χ4v) is 2.34. The first-order valence-corrected chi connectivity index (χ1v) is 8.29. The van der Waals surface area contributed by atoms with Gasteiger partial charge < -0.3 is 24.3 Å². The van der Waals surface area contributed by atoms with Gasteiger partial charge >= 0.3 is 12.3 Å². The number of hydrogen-bond donors (Lipinski definition) is 1. The summed E-state index contributed by atoms with van der Waals surface area (Å²) in [5.41, 5.74) is 0.601. The largest absolute Gasteiger partial charge is 0.586 e. The summed E-state index contributed by atoms with van der Waals surface area (Å²) >= 11 is 0. The van der Waals surface area contributed by atoms with Gasteiger partial charge in [0.05, 0.1) is 11.6 Å². The molecule has 3 rings (SSSR count). The van der Waals surface area contributed by atoms with Gasteiger partial charge in [-0.3, -0.25) is 4.79 Å². The van der Waals surface area contributed by atoms with Crippen molar-refractivity contribution < 1.29 is 37.3 Å². The molecule has 2 aromatic rings. The summed E-state index contributed by atoms with van der Waals surface area (Å²) in [5.74, 6) is -1.50. The average Bonchev–Trinajstić information content (AvgIpc) is 2.99. The van der Waals surface area contributed by atoms with Crippen molar-refractivity contribution in [2.75, 3.05) is 11.9 Å². The third-order valence-electron chi connectivity index (χ3n) is 3.66. The lowest BCUT2D eigenvalue weighted by Gasteiger charge is -2.14. The molecule has 0 saturated carbocycles. The second kappa shape index (κ2) is 8.02. The Labute approximate surface area is 163 Å². The van der Waals surface area contributed by atoms with Gasteiger partial charge in [-0.1, -0.05) is 0 Å². The fraction of sp³-hybridized carbons (Fsp3) is 0.211. The summed E-state index contributed by atoms with van der Waals surface area (Å²) in [6, 6.07) is 11.8. The van der Waals surface area contributed by atoms with E-state index in [1.807, 2.05) is 6.07 Å². The molecule has 2 aromatic carbocycles. The highest BCUT2D eigenvalue weighted by Gasteiger charge is 2.43. The molecule has 1 atom stereocenters. The molecule has 0 fully saturated rings. The first-order valence-electron chi connectivity index (χ1n) is 8.29. The number of fused-ring (bicyclic) bond motifs is 1. The van der Waals surface area contributed by atoms with Crippen LogP contribution >= 0.6 is 0 Å². The first-order chi connectivity index (χ1) is 13.8. The Hall–Kier alpha value is -3.87. The molecule has 1 aliphatic rings. The number of alkyl halides is 2. The monoisotopic (exact) mass is 404 g/mol. The number of hydrogen-bond acceptors (Lipinski definition) is 7. The van der Waals surface area contributed by atoms with Crippen LogP contribution in [0.2, 0.25) is 0 Å². The number of anilines is 1. The van der Waals surface area contributed by atoms with Crippen LogP contribution in [-0.4, -0.2) is 30.9 Å².